The smallest absolute Gasteiger partial charge is 0.122 e. The average molecular weight is 281 g/mol. The Balaban J connectivity index is 1.86. The van der Waals surface area contributed by atoms with E-state index in [1.54, 1.807) is 14.2 Å². The second-order valence-corrected chi connectivity index (χ2v) is 5.95. The van der Waals surface area contributed by atoms with E-state index < -0.39 is 0 Å². The van der Waals surface area contributed by atoms with Crippen molar-refractivity contribution in [1.82, 2.24) is 5.32 Å². The molecule has 4 heteroatoms. The number of thioether (sulfide) groups is 1. The Morgan fingerprint density at radius 1 is 1.32 bits per heavy atom. The lowest BCUT2D eigenvalue weighted by Gasteiger charge is -2.22. The third-order valence-electron chi connectivity index (χ3n) is 3.48. The molecule has 0 aliphatic carbocycles. The van der Waals surface area contributed by atoms with Crippen molar-refractivity contribution in [1.29, 1.82) is 0 Å². The minimum absolute atomic E-state index is 0.676. The van der Waals surface area contributed by atoms with Crippen molar-refractivity contribution in [3.63, 3.8) is 0 Å². The molecule has 1 fully saturated rings. The van der Waals surface area contributed by atoms with Crippen LogP contribution in [0, 0.1) is 0 Å². The molecule has 1 saturated heterocycles. The molecule has 1 heterocycles. The predicted octanol–water partition coefficient (Wildman–Crippen LogP) is 2.73. The lowest BCUT2D eigenvalue weighted by molar-refractivity contribution is 0.397. The van der Waals surface area contributed by atoms with E-state index >= 15 is 0 Å². The van der Waals surface area contributed by atoms with Crippen LogP contribution in [0.4, 0.5) is 0 Å². The highest BCUT2D eigenvalue weighted by molar-refractivity contribution is 7.99. The maximum atomic E-state index is 5.40. The zero-order chi connectivity index (χ0) is 13.5. The van der Waals surface area contributed by atoms with Gasteiger partial charge < -0.3 is 14.8 Å². The SMILES string of the molecule is COc1ccc(OC)c(CCN[C@H]2CCCSC2)c1. The number of nitrogens with one attached hydrogen (secondary N) is 1. The Morgan fingerprint density at radius 2 is 2.21 bits per heavy atom. The van der Waals surface area contributed by atoms with Gasteiger partial charge >= 0.3 is 0 Å². The van der Waals surface area contributed by atoms with Gasteiger partial charge in [-0.3, -0.25) is 0 Å². The first-order valence-corrected chi connectivity index (χ1v) is 8.01. The summed E-state index contributed by atoms with van der Waals surface area (Å²) in [7, 11) is 3.42. The Kier molecular flexibility index (Phi) is 5.86. The van der Waals surface area contributed by atoms with Gasteiger partial charge in [0.15, 0.2) is 0 Å². The fraction of sp³-hybridized carbons (Fsp3) is 0.600. The molecule has 0 radical (unpaired) electrons. The largest absolute Gasteiger partial charge is 0.497 e. The second-order valence-electron chi connectivity index (χ2n) is 4.80. The molecule has 19 heavy (non-hydrogen) atoms. The molecule has 1 aliphatic rings. The topological polar surface area (TPSA) is 30.5 Å². The maximum Gasteiger partial charge on any atom is 0.122 e. The fourth-order valence-corrected chi connectivity index (χ4v) is 3.50. The van der Waals surface area contributed by atoms with Gasteiger partial charge in [-0.15, -0.1) is 0 Å². The van der Waals surface area contributed by atoms with Crippen LogP contribution in [-0.2, 0) is 6.42 Å². The van der Waals surface area contributed by atoms with Crippen molar-refractivity contribution in [3.05, 3.63) is 23.8 Å². The lowest BCUT2D eigenvalue weighted by atomic mass is 10.1. The summed E-state index contributed by atoms with van der Waals surface area (Å²) in [6.45, 7) is 0.995. The molecule has 2 rings (SSSR count). The zero-order valence-corrected chi connectivity index (χ0v) is 12.6. The third-order valence-corrected chi connectivity index (χ3v) is 4.69. The highest BCUT2D eigenvalue weighted by atomic mass is 32.2. The predicted molar refractivity (Wildman–Crippen MR) is 81.6 cm³/mol. The van der Waals surface area contributed by atoms with Gasteiger partial charge in [-0.2, -0.15) is 11.8 Å². The second kappa shape index (κ2) is 7.65. The van der Waals surface area contributed by atoms with Crippen LogP contribution in [-0.4, -0.2) is 38.3 Å². The molecule has 1 aliphatic heterocycles. The Hall–Kier alpha value is -0.870. The molecule has 0 aromatic heterocycles. The monoisotopic (exact) mass is 281 g/mol. The first-order chi connectivity index (χ1) is 9.33. The van der Waals surface area contributed by atoms with E-state index in [9.17, 15) is 0 Å². The molecule has 0 saturated carbocycles. The molecule has 1 atom stereocenters. The van der Waals surface area contributed by atoms with Gasteiger partial charge in [0.25, 0.3) is 0 Å². The van der Waals surface area contributed by atoms with Crippen LogP contribution < -0.4 is 14.8 Å². The standard InChI is InChI=1S/C15H23NO2S/c1-17-14-5-6-15(18-2)12(10-14)7-8-16-13-4-3-9-19-11-13/h5-6,10,13,16H,3-4,7-9,11H2,1-2H3/t13-/m0/s1. The molecular weight excluding hydrogens is 258 g/mol. The number of methoxy groups -OCH3 is 2. The summed E-state index contributed by atoms with van der Waals surface area (Å²) >= 11 is 2.06. The molecule has 1 aromatic rings. The zero-order valence-electron chi connectivity index (χ0n) is 11.8. The highest BCUT2D eigenvalue weighted by Gasteiger charge is 2.13. The normalized spacial score (nSPS) is 19.2. The molecule has 3 nitrogen and oxygen atoms in total. The summed E-state index contributed by atoms with van der Waals surface area (Å²) in [6.07, 6.45) is 3.62. The molecule has 0 spiro atoms. The van der Waals surface area contributed by atoms with Gasteiger partial charge in [-0.1, -0.05) is 0 Å². The number of hydrogen-bond acceptors (Lipinski definition) is 4. The van der Waals surface area contributed by atoms with E-state index in [-0.39, 0.29) is 0 Å². The molecule has 0 unspecified atom stereocenters. The van der Waals surface area contributed by atoms with Crippen LogP contribution in [0.25, 0.3) is 0 Å². The third kappa shape index (κ3) is 4.32. The van der Waals surface area contributed by atoms with Crippen LogP contribution >= 0.6 is 11.8 Å². The lowest BCUT2D eigenvalue weighted by Crippen LogP contribution is -2.35. The molecule has 1 aromatic carbocycles. The van der Waals surface area contributed by atoms with Crippen molar-refractivity contribution < 1.29 is 9.47 Å². The summed E-state index contributed by atoms with van der Waals surface area (Å²) in [5.74, 6) is 4.40. The van der Waals surface area contributed by atoms with Gasteiger partial charge in [-0.25, -0.2) is 0 Å². The molecular formula is C15H23NO2S. The van der Waals surface area contributed by atoms with E-state index in [0.29, 0.717) is 6.04 Å². The van der Waals surface area contributed by atoms with Crippen LogP contribution in [0.3, 0.4) is 0 Å². The molecule has 0 amide bonds. The number of rotatable bonds is 6. The quantitative estimate of drug-likeness (QED) is 0.868. The summed E-state index contributed by atoms with van der Waals surface area (Å²) < 4.78 is 10.7. The summed E-state index contributed by atoms with van der Waals surface area (Å²) in [5.41, 5.74) is 1.21. The fourth-order valence-electron chi connectivity index (χ4n) is 2.39. The first kappa shape index (κ1) is 14.5. The summed E-state index contributed by atoms with van der Waals surface area (Å²) in [6, 6.07) is 6.66. The van der Waals surface area contributed by atoms with Crippen molar-refractivity contribution in [3.8, 4) is 11.5 Å². The van der Waals surface area contributed by atoms with E-state index in [4.69, 9.17) is 9.47 Å². The van der Waals surface area contributed by atoms with Gasteiger partial charge in [0.2, 0.25) is 0 Å². The minimum atomic E-state index is 0.676. The van der Waals surface area contributed by atoms with Crippen molar-refractivity contribution in [2.45, 2.75) is 25.3 Å². The minimum Gasteiger partial charge on any atom is -0.497 e. The maximum absolute atomic E-state index is 5.40. The van der Waals surface area contributed by atoms with Crippen molar-refractivity contribution in [2.75, 3.05) is 32.3 Å². The first-order valence-electron chi connectivity index (χ1n) is 6.85. The van der Waals surface area contributed by atoms with Crippen molar-refractivity contribution >= 4 is 11.8 Å². The van der Waals surface area contributed by atoms with Gasteiger partial charge in [0.1, 0.15) is 11.5 Å². The molecule has 1 N–H and O–H groups in total. The summed E-state index contributed by atoms with van der Waals surface area (Å²) in [4.78, 5) is 0. The highest BCUT2D eigenvalue weighted by Crippen LogP contribution is 2.24. The van der Waals surface area contributed by atoms with Crippen LogP contribution in [0.5, 0.6) is 11.5 Å². The number of hydrogen-bond donors (Lipinski definition) is 1. The Labute approximate surface area is 120 Å². The Morgan fingerprint density at radius 3 is 2.89 bits per heavy atom. The molecule has 0 bridgehead atoms. The van der Waals surface area contributed by atoms with Gasteiger partial charge in [0.05, 0.1) is 14.2 Å². The van der Waals surface area contributed by atoms with Gasteiger partial charge in [0, 0.05) is 11.8 Å². The number of ether oxygens (including phenoxy) is 2. The van der Waals surface area contributed by atoms with E-state index in [1.165, 1.54) is 29.9 Å². The molecule has 106 valence electrons. The van der Waals surface area contributed by atoms with Crippen LogP contribution in [0.2, 0.25) is 0 Å². The number of benzene rings is 1. The average Bonchev–Trinajstić information content (AvgIpc) is 2.48. The van der Waals surface area contributed by atoms with Crippen molar-refractivity contribution in [2.24, 2.45) is 0 Å². The Bertz CT molecular complexity index is 392. The van der Waals surface area contributed by atoms with Crippen LogP contribution in [0.1, 0.15) is 18.4 Å². The van der Waals surface area contributed by atoms with Gasteiger partial charge in [-0.05, 0) is 55.3 Å². The van der Waals surface area contributed by atoms with E-state index in [0.717, 1.165) is 24.5 Å². The van der Waals surface area contributed by atoms with E-state index in [1.807, 2.05) is 12.1 Å². The van der Waals surface area contributed by atoms with E-state index in [2.05, 4.69) is 23.1 Å². The summed E-state index contributed by atoms with van der Waals surface area (Å²) in [5, 5.41) is 3.64. The van der Waals surface area contributed by atoms with Crippen LogP contribution in [0.15, 0.2) is 18.2 Å².